The number of ketones is 1. The number of hydrogen-bond donors (Lipinski definition) is 1. The Kier molecular flexibility index (Phi) is 5.03. The first kappa shape index (κ1) is 15.2. The van der Waals surface area contributed by atoms with Crippen molar-refractivity contribution in [3.63, 3.8) is 0 Å². The molecule has 1 saturated heterocycles. The van der Waals surface area contributed by atoms with Crippen LogP contribution < -0.4 is 5.32 Å². The van der Waals surface area contributed by atoms with Crippen LogP contribution in [0.1, 0.15) is 36.0 Å². The lowest BCUT2D eigenvalue weighted by Crippen LogP contribution is -2.30. The van der Waals surface area contributed by atoms with Gasteiger partial charge in [-0.1, -0.05) is 0 Å². The van der Waals surface area contributed by atoms with Gasteiger partial charge in [0.05, 0.1) is 12.5 Å². The van der Waals surface area contributed by atoms with Crippen molar-refractivity contribution in [2.24, 2.45) is 0 Å². The van der Waals surface area contributed by atoms with E-state index in [0.29, 0.717) is 18.4 Å². The van der Waals surface area contributed by atoms with Crippen molar-refractivity contribution >= 4 is 17.7 Å². The van der Waals surface area contributed by atoms with Crippen molar-refractivity contribution in [2.45, 2.75) is 31.7 Å². The molecule has 21 heavy (non-hydrogen) atoms. The molecule has 0 spiro atoms. The van der Waals surface area contributed by atoms with Crippen LogP contribution >= 0.6 is 0 Å². The zero-order chi connectivity index (χ0) is 15.2. The fraction of sp³-hybridized carbons (Fsp3) is 0.400. The average molecular weight is 293 g/mol. The third kappa shape index (κ3) is 4.66. The van der Waals surface area contributed by atoms with Crippen molar-refractivity contribution in [2.75, 3.05) is 6.61 Å². The molecule has 2 rings (SSSR count). The molecule has 1 unspecified atom stereocenters. The van der Waals surface area contributed by atoms with Crippen LogP contribution in [0, 0.1) is 5.82 Å². The number of benzene rings is 1. The number of esters is 1. The van der Waals surface area contributed by atoms with Gasteiger partial charge < -0.3 is 10.1 Å². The first-order valence-electron chi connectivity index (χ1n) is 6.78. The second kappa shape index (κ2) is 6.97. The van der Waals surface area contributed by atoms with Crippen LogP contribution in [0.2, 0.25) is 0 Å². The van der Waals surface area contributed by atoms with Gasteiger partial charge in [0.2, 0.25) is 5.91 Å². The van der Waals surface area contributed by atoms with E-state index in [9.17, 15) is 18.8 Å². The summed E-state index contributed by atoms with van der Waals surface area (Å²) in [6.07, 6.45) is 1.09. The maximum absolute atomic E-state index is 12.7. The van der Waals surface area contributed by atoms with Crippen molar-refractivity contribution in [1.82, 2.24) is 5.32 Å². The number of Topliss-reactive ketones (excluding diaryl/α,β-unsaturated/α-hetero) is 1. The molecule has 0 aliphatic carbocycles. The van der Waals surface area contributed by atoms with Crippen molar-refractivity contribution in [3.05, 3.63) is 35.6 Å². The molecular formula is C15H16FNO4. The third-order valence-corrected chi connectivity index (χ3v) is 3.25. The molecule has 1 aliphatic heterocycles. The number of nitrogens with one attached hydrogen (secondary N) is 1. The number of carbonyl (C=O) groups excluding carboxylic acids is 3. The summed E-state index contributed by atoms with van der Waals surface area (Å²) in [6, 6.07) is 5.05. The molecule has 1 heterocycles. The predicted molar refractivity (Wildman–Crippen MR) is 72.1 cm³/mol. The Bertz CT molecular complexity index is 541. The number of amides is 1. The minimum Gasteiger partial charge on any atom is -0.463 e. The summed E-state index contributed by atoms with van der Waals surface area (Å²) >= 11 is 0. The normalized spacial score (nSPS) is 17.4. The van der Waals surface area contributed by atoms with Crippen LogP contribution in [0.15, 0.2) is 24.3 Å². The molecule has 5 nitrogen and oxygen atoms in total. The van der Waals surface area contributed by atoms with Gasteiger partial charge >= 0.3 is 5.97 Å². The van der Waals surface area contributed by atoms with Gasteiger partial charge in [0.1, 0.15) is 12.4 Å². The SMILES string of the molecule is O=C1CCC(COC(=O)CCC(=O)c2ccc(F)cc2)N1. The van der Waals surface area contributed by atoms with Crippen LogP contribution in [0.25, 0.3) is 0 Å². The molecule has 0 aromatic heterocycles. The largest absolute Gasteiger partial charge is 0.463 e. The quantitative estimate of drug-likeness (QED) is 0.639. The summed E-state index contributed by atoms with van der Waals surface area (Å²) in [5.41, 5.74) is 0.368. The molecule has 0 radical (unpaired) electrons. The minimum atomic E-state index is -0.480. The highest BCUT2D eigenvalue weighted by Gasteiger charge is 2.22. The molecule has 1 aromatic carbocycles. The molecule has 6 heteroatoms. The Morgan fingerprint density at radius 2 is 1.95 bits per heavy atom. The summed E-state index contributed by atoms with van der Waals surface area (Å²) in [4.78, 5) is 34.3. The van der Waals surface area contributed by atoms with Crippen LogP contribution in [-0.2, 0) is 14.3 Å². The van der Waals surface area contributed by atoms with Gasteiger partial charge in [-0.2, -0.15) is 0 Å². The van der Waals surface area contributed by atoms with E-state index < -0.39 is 11.8 Å². The van der Waals surface area contributed by atoms with Crippen molar-refractivity contribution in [3.8, 4) is 0 Å². The molecule has 1 aliphatic rings. The average Bonchev–Trinajstić information content (AvgIpc) is 2.89. The molecule has 0 saturated carbocycles. The summed E-state index contributed by atoms with van der Waals surface area (Å²) in [6.45, 7) is 0.134. The van der Waals surface area contributed by atoms with E-state index in [1.54, 1.807) is 0 Å². The maximum atomic E-state index is 12.7. The lowest BCUT2D eigenvalue weighted by atomic mass is 10.1. The summed E-state index contributed by atoms with van der Waals surface area (Å²) in [5, 5.41) is 2.69. The Labute approximate surface area is 121 Å². The van der Waals surface area contributed by atoms with Gasteiger partial charge in [-0.05, 0) is 30.7 Å². The Hall–Kier alpha value is -2.24. The standard InChI is InChI=1S/C15H16FNO4/c16-11-3-1-10(2-4-11)13(18)6-8-15(20)21-9-12-5-7-14(19)17-12/h1-4,12H,5-9H2,(H,17,19). The molecule has 1 aromatic rings. The highest BCUT2D eigenvalue weighted by molar-refractivity contribution is 5.97. The number of rotatable bonds is 6. The van der Waals surface area contributed by atoms with Gasteiger partial charge in [0.15, 0.2) is 5.78 Å². The van der Waals surface area contributed by atoms with Gasteiger partial charge in [-0.15, -0.1) is 0 Å². The maximum Gasteiger partial charge on any atom is 0.306 e. The minimum absolute atomic E-state index is 0.0154. The summed E-state index contributed by atoms with van der Waals surface area (Å²) in [5.74, 6) is -1.17. The van der Waals surface area contributed by atoms with E-state index in [0.717, 1.165) is 0 Å². The van der Waals surface area contributed by atoms with Gasteiger partial charge in [0, 0.05) is 18.4 Å². The van der Waals surface area contributed by atoms with Gasteiger partial charge in [-0.3, -0.25) is 14.4 Å². The van der Waals surface area contributed by atoms with Crippen LogP contribution in [0.5, 0.6) is 0 Å². The number of hydrogen-bond acceptors (Lipinski definition) is 4. The highest BCUT2D eigenvalue weighted by atomic mass is 19.1. The molecule has 1 atom stereocenters. The van der Waals surface area contributed by atoms with Gasteiger partial charge in [-0.25, -0.2) is 4.39 Å². The Morgan fingerprint density at radius 1 is 1.24 bits per heavy atom. The zero-order valence-corrected chi connectivity index (χ0v) is 11.4. The molecule has 1 N–H and O–H groups in total. The van der Waals surface area contributed by atoms with Crippen molar-refractivity contribution in [1.29, 1.82) is 0 Å². The number of carbonyl (C=O) groups is 3. The second-order valence-electron chi connectivity index (χ2n) is 4.92. The zero-order valence-electron chi connectivity index (χ0n) is 11.4. The lowest BCUT2D eigenvalue weighted by molar-refractivity contribution is -0.144. The fourth-order valence-electron chi connectivity index (χ4n) is 2.06. The topological polar surface area (TPSA) is 72.5 Å². The lowest BCUT2D eigenvalue weighted by Gasteiger charge is -2.10. The van der Waals surface area contributed by atoms with Crippen LogP contribution in [0.3, 0.4) is 0 Å². The van der Waals surface area contributed by atoms with Crippen molar-refractivity contribution < 1.29 is 23.5 Å². The summed E-state index contributed by atoms with van der Waals surface area (Å²) < 4.78 is 17.7. The van der Waals surface area contributed by atoms with E-state index in [2.05, 4.69) is 5.32 Å². The van der Waals surface area contributed by atoms with E-state index >= 15 is 0 Å². The molecule has 1 fully saturated rings. The first-order valence-corrected chi connectivity index (χ1v) is 6.78. The third-order valence-electron chi connectivity index (χ3n) is 3.25. The van der Waals surface area contributed by atoms with Crippen LogP contribution in [0.4, 0.5) is 4.39 Å². The van der Waals surface area contributed by atoms with E-state index in [1.165, 1.54) is 24.3 Å². The fourth-order valence-corrected chi connectivity index (χ4v) is 2.06. The second-order valence-corrected chi connectivity index (χ2v) is 4.92. The number of ether oxygens (including phenoxy) is 1. The molecule has 112 valence electrons. The highest BCUT2D eigenvalue weighted by Crippen LogP contribution is 2.09. The van der Waals surface area contributed by atoms with Crippen LogP contribution in [-0.4, -0.2) is 30.3 Å². The summed E-state index contributed by atoms with van der Waals surface area (Å²) in [7, 11) is 0. The smallest absolute Gasteiger partial charge is 0.306 e. The predicted octanol–water partition coefficient (Wildman–Crippen LogP) is 1.61. The first-order chi connectivity index (χ1) is 10.0. The number of halogens is 1. The molecule has 1 amide bonds. The van der Waals surface area contributed by atoms with Gasteiger partial charge in [0.25, 0.3) is 0 Å². The Balaban J connectivity index is 1.69. The molecular weight excluding hydrogens is 277 g/mol. The van der Waals surface area contributed by atoms with E-state index in [1.807, 2.05) is 0 Å². The van der Waals surface area contributed by atoms with E-state index in [4.69, 9.17) is 4.74 Å². The molecule has 0 bridgehead atoms. The monoisotopic (exact) mass is 293 g/mol. The Morgan fingerprint density at radius 3 is 2.57 bits per heavy atom. The van der Waals surface area contributed by atoms with E-state index in [-0.39, 0.29) is 37.2 Å².